The highest BCUT2D eigenvalue weighted by atomic mass is 16.1. The molecular weight excluding hydrogens is 164 g/mol. The molecule has 0 spiro atoms. The van der Waals surface area contributed by atoms with Gasteiger partial charge in [-0.1, -0.05) is 12.2 Å². The van der Waals surface area contributed by atoms with Crippen LogP contribution in [0.5, 0.6) is 0 Å². The van der Waals surface area contributed by atoms with E-state index in [0.29, 0.717) is 0 Å². The van der Waals surface area contributed by atoms with Crippen molar-refractivity contribution in [2.75, 3.05) is 0 Å². The van der Waals surface area contributed by atoms with Gasteiger partial charge in [0.1, 0.15) is 0 Å². The third kappa shape index (κ3) is 3.19. The maximum Gasteiger partial charge on any atom is 0.223 e. The maximum atomic E-state index is 11.6. The standard InChI is InChI=1S/C10H18N2O/c1-7(2)12-10(13)8-4-3-5-9(11)6-8/h3,5,7-9H,4,6,11H2,1-2H3,(H,12,13)/t8-,9-/m0/s1. The van der Waals surface area contributed by atoms with E-state index in [1.807, 2.05) is 26.0 Å². The Balaban J connectivity index is 2.44. The predicted octanol–water partition coefficient (Wildman–Crippen LogP) is 0.804. The summed E-state index contributed by atoms with van der Waals surface area (Å²) in [6.07, 6.45) is 5.57. The monoisotopic (exact) mass is 182 g/mol. The van der Waals surface area contributed by atoms with E-state index in [-0.39, 0.29) is 23.9 Å². The fourth-order valence-corrected chi connectivity index (χ4v) is 1.54. The summed E-state index contributed by atoms with van der Waals surface area (Å²) in [6.45, 7) is 3.94. The molecule has 1 aliphatic carbocycles. The molecule has 3 heteroatoms. The van der Waals surface area contributed by atoms with E-state index in [1.165, 1.54) is 0 Å². The summed E-state index contributed by atoms with van der Waals surface area (Å²) >= 11 is 0. The minimum absolute atomic E-state index is 0.0525. The number of carbonyl (C=O) groups excluding carboxylic acids is 1. The van der Waals surface area contributed by atoms with Crippen molar-refractivity contribution in [3.8, 4) is 0 Å². The van der Waals surface area contributed by atoms with E-state index in [4.69, 9.17) is 5.73 Å². The lowest BCUT2D eigenvalue weighted by Crippen LogP contribution is -2.39. The summed E-state index contributed by atoms with van der Waals surface area (Å²) in [6, 6.07) is 0.270. The fourth-order valence-electron chi connectivity index (χ4n) is 1.54. The molecule has 0 saturated heterocycles. The first-order valence-electron chi connectivity index (χ1n) is 4.82. The third-order valence-corrected chi connectivity index (χ3v) is 2.16. The minimum Gasteiger partial charge on any atom is -0.354 e. The van der Waals surface area contributed by atoms with Gasteiger partial charge in [-0.25, -0.2) is 0 Å². The van der Waals surface area contributed by atoms with Gasteiger partial charge < -0.3 is 11.1 Å². The summed E-state index contributed by atoms with van der Waals surface area (Å²) in [5.74, 6) is 0.206. The van der Waals surface area contributed by atoms with Crippen molar-refractivity contribution in [1.82, 2.24) is 5.32 Å². The molecule has 2 atom stereocenters. The molecule has 3 N–H and O–H groups in total. The molecule has 1 amide bonds. The molecule has 0 saturated carbocycles. The van der Waals surface area contributed by atoms with E-state index in [0.717, 1.165) is 12.8 Å². The Morgan fingerprint density at radius 3 is 2.85 bits per heavy atom. The third-order valence-electron chi connectivity index (χ3n) is 2.16. The lowest BCUT2D eigenvalue weighted by molar-refractivity contribution is -0.125. The van der Waals surface area contributed by atoms with Crippen LogP contribution in [0.25, 0.3) is 0 Å². The second kappa shape index (κ2) is 4.42. The molecule has 13 heavy (non-hydrogen) atoms. The quantitative estimate of drug-likeness (QED) is 0.621. The van der Waals surface area contributed by atoms with E-state index >= 15 is 0 Å². The second-order valence-electron chi connectivity index (χ2n) is 3.92. The first-order chi connectivity index (χ1) is 6.09. The topological polar surface area (TPSA) is 55.1 Å². The number of nitrogens with one attached hydrogen (secondary N) is 1. The number of nitrogens with two attached hydrogens (primary N) is 1. The number of hydrogen-bond acceptors (Lipinski definition) is 2. The molecule has 0 aliphatic heterocycles. The first-order valence-corrected chi connectivity index (χ1v) is 4.82. The van der Waals surface area contributed by atoms with Crippen molar-refractivity contribution in [3.05, 3.63) is 12.2 Å². The summed E-state index contributed by atoms with van der Waals surface area (Å²) in [5.41, 5.74) is 5.73. The SMILES string of the molecule is CC(C)NC(=O)[C@H]1CC=C[C@H](N)C1. The second-order valence-corrected chi connectivity index (χ2v) is 3.92. The number of rotatable bonds is 2. The highest BCUT2D eigenvalue weighted by Crippen LogP contribution is 2.17. The average Bonchev–Trinajstić information content (AvgIpc) is 2.03. The number of hydrogen-bond donors (Lipinski definition) is 2. The van der Waals surface area contributed by atoms with E-state index in [9.17, 15) is 4.79 Å². The molecule has 74 valence electrons. The van der Waals surface area contributed by atoms with Crippen LogP contribution in [0.3, 0.4) is 0 Å². The van der Waals surface area contributed by atoms with Gasteiger partial charge in [0.15, 0.2) is 0 Å². The highest BCUT2D eigenvalue weighted by molar-refractivity contribution is 5.79. The van der Waals surface area contributed by atoms with Gasteiger partial charge in [-0.3, -0.25) is 4.79 Å². The van der Waals surface area contributed by atoms with Gasteiger partial charge >= 0.3 is 0 Å². The number of carbonyl (C=O) groups is 1. The molecule has 3 nitrogen and oxygen atoms in total. The van der Waals surface area contributed by atoms with Crippen LogP contribution in [0.15, 0.2) is 12.2 Å². The van der Waals surface area contributed by atoms with Crippen LogP contribution in [0.2, 0.25) is 0 Å². The molecule has 0 fully saturated rings. The van der Waals surface area contributed by atoms with Crippen LogP contribution in [0.4, 0.5) is 0 Å². The molecule has 0 radical (unpaired) electrons. The zero-order valence-electron chi connectivity index (χ0n) is 8.29. The van der Waals surface area contributed by atoms with E-state index in [2.05, 4.69) is 5.32 Å². The molecule has 0 aromatic carbocycles. The van der Waals surface area contributed by atoms with Crippen LogP contribution in [-0.4, -0.2) is 18.0 Å². The van der Waals surface area contributed by atoms with Crippen molar-refractivity contribution >= 4 is 5.91 Å². The summed E-state index contributed by atoms with van der Waals surface area (Å²) in [7, 11) is 0. The van der Waals surface area contributed by atoms with Crippen LogP contribution < -0.4 is 11.1 Å². The Kier molecular flexibility index (Phi) is 3.48. The Morgan fingerprint density at radius 2 is 2.31 bits per heavy atom. The summed E-state index contributed by atoms with van der Waals surface area (Å²) in [5, 5.41) is 2.90. The number of amides is 1. The van der Waals surface area contributed by atoms with Crippen LogP contribution >= 0.6 is 0 Å². The largest absolute Gasteiger partial charge is 0.354 e. The van der Waals surface area contributed by atoms with Crippen molar-refractivity contribution in [1.29, 1.82) is 0 Å². The normalized spacial score (nSPS) is 27.7. The number of allylic oxidation sites excluding steroid dienone is 1. The lowest BCUT2D eigenvalue weighted by Gasteiger charge is -2.22. The van der Waals surface area contributed by atoms with Gasteiger partial charge in [0.05, 0.1) is 0 Å². The molecule has 0 unspecified atom stereocenters. The predicted molar refractivity (Wildman–Crippen MR) is 53.1 cm³/mol. The molecule has 1 rings (SSSR count). The lowest BCUT2D eigenvalue weighted by atomic mass is 9.90. The molecular formula is C10H18N2O. The van der Waals surface area contributed by atoms with Crippen LogP contribution in [0, 0.1) is 5.92 Å². The highest BCUT2D eigenvalue weighted by Gasteiger charge is 2.22. The van der Waals surface area contributed by atoms with Crippen LogP contribution in [0.1, 0.15) is 26.7 Å². The molecule has 0 aromatic rings. The molecule has 1 aliphatic rings. The Labute approximate surface area is 79.4 Å². The zero-order chi connectivity index (χ0) is 9.84. The Hall–Kier alpha value is -0.830. The zero-order valence-corrected chi connectivity index (χ0v) is 8.29. The Bertz CT molecular complexity index is 211. The van der Waals surface area contributed by atoms with Gasteiger partial charge in [0.2, 0.25) is 5.91 Å². The van der Waals surface area contributed by atoms with Gasteiger partial charge in [-0.05, 0) is 26.7 Å². The molecule has 0 aromatic heterocycles. The smallest absolute Gasteiger partial charge is 0.223 e. The fraction of sp³-hybridized carbons (Fsp3) is 0.700. The summed E-state index contributed by atoms with van der Waals surface area (Å²) < 4.78 is 0. The van der Waals surface area contributed by atoms with Crippen molar-refractivity contribution in [2.24, 2.45) is 11.7 Å². The first kappa shape index (κ1) is 10.3. The van der Waals surface area contributed by atoms with Gasteiger partial charge in [0.25, 0.3) is 0 Å². The van der Waals surface area contributed by atoms with Gasteiger partial charge in [-0.2, -0.15) is 0 Å². The van der Waals surface area contributed by atoms with Gasteiger partial charge in [-0.15, -0.1) is 0 Å². The molecule has 0 heterocycles. The van der Waals surface area contributed by atoms with E-state index in [1.54, 1.807) is 0 Å². The van der Waals surface area contributed by atoms with Crippen molar-refractivity contribution < 1.29 is 4.79 Å². The summed E-state index contributed by atoms with van der Waals surface area (Å²) in [4.78, 5) is 11.6. The van der Waals surface area contributed by atoms with Crippen molar-refractivity contribution in [2.45, 2.75) is 38.8 Å². The van der Waals surface area contributed by atoms with E-state index < -0.39 is 0 Å². The molecule has 0 bridgehead atoms. The average molecular weight is 182 g/mol. The van der Waals surface area contributed by atoms with Crippen molar-refractivity contribution in [3.63, 3.8) is 0 Å². The maximum absolute atomic E-state index is 11.6. The van der Waals surface area contributed by atoms with Gasteiger partial charge in [0, 0.05) is 18.0 Å². The van der Waals surface area contributed by atoms with Crippen LogP contribution in [-0.2, 0) is 4.79 Å². The Morgan fingerprint density at radius 1 is 1.62 bits per heavy atom. The minimum atomic E-state index is 0.0525.